The third-order valence-corrected chi connectivity index (χ3v) is 4.89. The largest absolute Gasteiger partial charge is 0.496 e. The van der Waals surface area contributed by atoms with Crippen molar-refractivity contribution in [2.24, 2.45) is 0 Å². The number of rotatable bonds is 6. The summed E-state index contributed by atoms with van der Waals surface area (Å²) in [5, 5.41) is 5.91. The number of amides is 1. The number of aryl methyl sites for hydroxylation is 1. The van der Waals surface area contributed by atoms with E-state index in [4.69, 9.17) is 4.74 Å². The van der Waals surface area contributed by atoms with E-state index < -0.39 is 0 Å². The number of methoxy groups -OCH3 is 1. The number of hydrogen-bond acceptors (Lipinski definition) is 5. The average molecular weight is 380 g/mol. The van der Waals surface area contributed by atoms with Crippen LogP contribution in [0.3, 0.4) is 0 Å². The van der Waals surface area contributed by atoms with Crippen LogP contribution in [0.2, 0.25) is 0 Å². The molecule has 0 saturated carbocycles. The van der Waals surface area contributed by atoms with Crippen LogP contribution in [0.5, 0.6) is 5.75 Å². The number of thiazole rings is 1. The van der Waals surface area contributed by atoms with Gasteiger partial charge in [-0.25, -0.2) is 4.98 Å². The lowest BCUT2D eigenvalue weighted by Crippen LogP contribution is -2.15. The number of carbonyl (C=O) groups is 2. The first-order chi connectivity index (χ1) is 13.0. The number of carbonyl (C=O) groups excluding carboxylic acids is 2. The Kier molecular flexibility index (Phi) is 5.66. The maximum Gasteiger partial charge on any atom is 0.228 e. The van der Waals surface area contributed by atoms with Gasteiger partial charge in [-0.05, 0) is 44.2 Å². The van der Waals surface area contributed by atoms with Crippen molar-refractivity contribution in [3.05, 3.63) is 64.0 Å². The van der Waals surface area contributed by atoms with E-state index in [-0.39, 0.29) is 18.1 Å². The van der Waals surface area contributed by atoms with Crippen molar-refractivity contribution in [3.63, 3.8) is 0 Å². The number of aromatic nitrogens is 1. The predicted octanol–water partition coefficient (Wildman–Crippen LogP) is 4.51. The van der Waals surface area contributed by atoms with Gasteiger partial charge in [0.15, 0.2) is 5.78 Å². The van der Waals surface area contributed by atoms with Gasteiger partial charge in [0, 0.05) is 27.8 Å². The van der Waals surface area contributed by atoms with E-state index in [9.17, 15) is 9.59 Å². The second kappa shape index (κ2) is 8.14. The summed E-state index contributed by atoms with van der Waals surface area (Å²) in [5.41, 5.74) is 3.88. The molecular formula is C21H20N2O3S. The molecule has 1 N–H and O–H groups in total. The van der Waals surface area contributed by atoms with Crippen molar-refractivity contribution in [1.29, 1.82) is 0 Å². The third kappa shape index (κ3) is 4.60. The number of nitrogens with one attached hydrogen (secondary N) is 1. The monoisotopic (exact) mass is 380 g/mol. The summed E-state index contributed by atoms with van der Waals surface area (Å²) in [5.74, 6) is 0.364. The molecule has 3 rings (SSSR count). The second-order valence-electron chi connectivity index (χ2n) is 6.14. The molecule has 0 fully saturated rings. The molecule has 0 saturated heterocycles. The Bertz CT molecular complexity index is 977. The summed E-state index contributed by atoms with van der Waals surface area (Å²) in [4.78, 5) is 28.5. The lowest BCUT2D eigenvalue weighted by Gasteiger charge is -2.11. The summed E-state index contributed by atoms with van der Waals surface area (Å²) in [6.45, 7) is 3.47. The molecular weight excluding hydrogens is 360 g/mol. The molecule has 0 aliphatic carbocycles. The Morgan fingerprint density at radius 2 is 1.89 bits per heavy atom. The fourth-order valence-corrected chi connectivity index (χ4v) is 3.36. The van der Waals surface area contributed by atoms with E-state index >= 15 is 0 Å². The first-order valence-electron chi connectivity index (χ1n) is 8.46. The molecule has 0 aliphatic heterocycles. The van der Waals surface area contributed by atoms with Crippen LogP contribution in [0.1, 0.15) is 27.9 Å². The van der Waals surface area contributed by atoms with E-state index in [1.807, 2.05) is 36.6 Å². The Labute approximate surface area is 162 Å². The fraction of sp³-hybridized carbons (Fsp3) is 0.190. The summed E-state index contributed by atoms with van der Waals surface area (Å²) >= 11 is 1.61. The standard InChI is InChI=1S/C21H20N2O3S/c1-13(24)16-6-9-20(26-3)17(10-16)11-21(25)23-18-7-4-15(5-8-18)19-12-27-14(2)22-19/h4-10,12H,11H2,1-3H3,(H,23,25). The molecule has 6 heteroatoms. The first kappa shape index (κ1) is 18.8. The Hall–Kier alpha value is -2.99. The molecule has 0 aliphatic rings. The van der Waals surface area contributed by atoms with E-state index in [2.05, 4.69) is 10.3 Å². The molecule has 0 bridgehead atoms. The fourth-order valence-electron chi connectivity index (χ4n) is 2.73. The predicted molar refractivity (Wildman–Crippen MR) is 108 cm³/mol. The van der Waals surface area contributed by atoms with Gasteiger partial charge in [0.2, 0.25) is 5.91 Å². The number of ether oxygens (including phenoxy) is 1. The Morgan fingerprint density at radius 3 is 2.48 bits per heavy atom. The zero-order valence-corrected chi connectivity index (χ0v) is 16.2. The van der Waals surface area contributed by atoms with Gasteiger partial charge in [0.1, 0.15) is 5.75 Å². The highest BCUT2D eigenvalue weighted by atomic mass is 32.1. The van der Waals surface area contributed by atoms with Gasteiger partial charge in [-0.15, -0.1) is 11.3 Å². The smallest absolute Gasteiger partial charge is 0.228 e. The van der Waals surface area contributed by atoms with Gasteiger partial charge in [-0.3, -0.25) is 9.59 Å². The SMILES string of the molecule is COc1ccc(C(C)=O)cc1CC(=O)Nc1ccc(-c2csc(C)n2)cc1. The van der Waals surface area contributed by atoms with Crippen molar-refractivity contribution >= 4 is 28.7 Å². The van der Waals surface area contributed by atoms with Crippen molar-refractivity contribution in [3.8, 4) is 17.0 Å². The Balaban J connectivity index is 1.71. The normalized spacial score (nSPS) is 10.5. The molecule has 1 amide bonds. The van der Waals surface area contributed by atoms with Gasteiger partial charge in [0.25, 0.3) is 0 Å². The minimum Gasteiger partial charge on any atom is -0.496 e. The number of Topliss-reactive ketones (excluding diaryl/α,β-unsaturated/α-hetero) is 1. The van der Waals surface area contributed by atoms with Crippen LogP contribution in [0, 0.1) is 6.92 Å². The third-order valence-electron chi connectivity index (χ3n) is 4.12. The van der Waals surface area contributed by atoms with Gasteiger partial charge in [0.05, 0.1) is 24.2 Å². The highest BCUT2D eigenvalue weighted by Crippen LogP contribution is 2.24. The van der Waals surface area contributed by atoms with Crippen LogP contribution in [0.25, 0.3) is 11.3 Å². The molecule has 0 radical (unpaired) electrons. The number of benzene rings is 2. The molecule has 27 heavy (non-hydrogen) atoms. The minimum absolute atomic E-state index is 0.0489. The summed E-state index contributed by atoms with van der Waals surface area (Å²) in [6, 6.07) is 12.7. The summed E-state index contributed by atoms with van der Waals surface area (Å²) in [6.07, 6.45) is 0.122. The zero-order chi connectivity index (χ0) is 19.4. The maximum absolute atomic E-state index is 12.4. The van der Waals surface area contributed by atoms with E-state index in [0.717, 1.165) is 16.3 Å². The number of ketones is 1. The van der Waals surface area contributed by atoms with Crippen LogP contribution >= 0.6 is 11.3 Å². The van der Waals surface area contributed by atoms with Crippen LogP contribution in [0.15, 0.2) is 47.8 Å². The van der Waals surface area contributed by atoms with Crippen LogP contribution in [0.4, 0.5) is 5.69 Å². The molecule has 5 nitrogen and oxygen atoms in total. The van der Waals surface area contributed by atoms with E-state index in [1.54, 1.807) is 36.6 Å². The molecule has 0 unspecified atom stereocenters. The van der Waals surface area contributed by atoms with E-state index in [0.29, 0.717) is 22.6 Å². The molecule has 1 aromatic heterocycles. The number of nitrogens with zero attached hydrogens (tertiary/aromatic N) is 1. The molecule has 2 aromatic carbocycles. The summed E-state index contributed by atoms with van der Waals surface area (Å²) < 4.78 is 5.30. The first-order valence-corrected chi connectivity index (χ1v) is 9.34. The molecule has 0 atom stereocenters. The second-order valence-corrected chi connectivity index (χ2v) is 7.20. The zero-order valence-electron chi connectivity index (χ0n) is 15.4. The van der Waals surface area contributed by atoms with Crippen molar-refractivity contribution in [1.82, 2.24) is 4.98 Å². The molecule has 138 valence electrons. The van der Waals surface area contributed by atoms with Gasteiger partial charge in [-0.1, -0.05) is 12.1 Å². The average Bonchev–Trinajstić information content (AvgIpc) is 3.08. The highest BCUT2D eigenvalue weighted by molar-refractivity contribution is 7.09. The van der Waals surface area contributed by atoms with Crippen LogP contribution in [-0.4, -0.2) is 23.8 Å². The number of anilines is 1. The molecule has 0 spiro atoms. The van der Waals surface area contributed by atoms with Crippen molar-refractivity contribution < 1.29 is 14.3 Å². The topological polar surface area (TPSA) is 68.3 Å². The maximum atomic E-state index is 12.4. The van der Waals surface area contributed by atoms with E-state index in [1.165, 1.54) is 6.92 Å². The van der Waals surface area contributed by atoms with Crippen LogP contribution < -0.4 is 10.1 Å². The van der Waals surface area contributed by atoms with Gasteiger partial charge < -0.3 is 10.1 Å². The molecule has 1 heterocycles. The molecule has 3 aromatic rings. The Morgan fingerprint density at radius 1 is 1.15 bits per heavy atom. The number of hydrogen-bond donors (Lipinski definition) is 1. The van der Waals surface area contributed by atoms with Gasteiger partial charge >= 0.3 is 0 Å². The minimum atomic E-state index is -0.175. The quantitative estimate of drug-likeness (QED) is 0.639. The van der Waals surface area contributed by atoms with Gasteiger partial charge in [-0.2, -0.15) is 0 Å². The lowest BCUT2D eigenvalue weighted by molar-refractivity contribution is -0.115. The van der Waals surface area contributed by atoms with Crippen LogP contribution in [-0.2, 0) is 11.2 Å². The lowest BCUT2D eigenvalue weighted by atomic mass is 10.0. The highest BCUT2D eigenvalue weighted by Gasteiger charge is 2.12. The summed E-state index contributed by atoms with van der Waals surface area (Å²) in [7, 11) is 1.54. The van der Waals surface area contributed by atoms with Crippen molar-refractivity contribution in [2.75, 3.05) is 12.4 Å². The van der Waals surface area contributed by atoms with Crippen molar-refractivity contribution in [2.45, 2.75) is 20.3 Å².